The van der Waals surface area contributed by atoms with Gasteiger partial charge in [0.2, 0.25) is 0 Å². The molecule has 0 saturated heterocycles. The molecule has 0 aliphatic rings. The summed E-state index contributed by atoms with van der Waals surface area (Å²) < 4.78 is 27.1. The Balaban J connectivity index is 4.84. The number of hydrogen-bond donors (Lipinski definition) is 0. The van der Waals surface area contributed by atoms with Crippen LogP contribution in [0.4, 0.5) is 8.78 Å². The summed E-state index contributed by atoms with van der Waals surface area (Å²) in [4.78, 5) is 0. The topological polar surface area (TPSA) is 0 Å². The summed E-state index contributed by atoms with van der Waals surface area (Å²) in [5.41, 5.74) is 0. The third kappa shape index (κ3) is 2.59. The second kappa shape index (κ2) is 5.43. The molecule has 72 valence electrons. The van der Waals surface area contributed by atoms with Gasteiger partial charge in [-0.3, -0.25) is 0 Å². The number of halogens is 3. The van der Waals surface area contributed by atoms with Crippen molar-refractivity contribution in [3.05, 3.63) is 9.13 Å². The molecular weight excluding hydrogens is 288 g/mol. The maximum absolute atomic E-state index is 12.3. The second-order valence-electron chi connectivity index (χ2n) is 2.92. The monoisotopic (exact) mass is 304 g/mol. The molecule has 0 radical (unpaired) electrons. The first-order valence-corrected chi connectivity index (χ1v) is 12.1. The molecule has 0 nitrogen and oxygen atoms in total. The summed E-state index contributed by atoms with van der Waals surface area (Å²) in [5, 5.41) is 0. The summed E-state index contributed by atoms with van der Waals surface area (Å²) in [7, 11) is 0. The van der Waals surface area contributed by atoms with Gasteiger partial charge in [0.05, 0.1) is 0 Å². The fraction of sp³-hybridized carbons (Fsp3) is 0.750. The third-order valence-corrected chi connectivity index (χ3v) is 20.3. The predicted molar refractivity (Wildman–Crippen MR) is 52.3 cm³/mol. The first-order valence-electron chi connectivity index (χ1n) is 4.25. The Hall–Kier alpha value is 0.689. The van der Waals surface area contributed by atoms with Crippen molar-refractivity contribution in [1.29, 1.82) is 0 Å². The molecule has 0 saturated carbocycles. The molecule has 4 heteroatoms. The fourth-order valence-corrected chi connectivity index (χ4v) is 12.2. The van der Waals surface area contributed by atoms with E-state index in [0.717, 1.165) is 13.3 Å². The van der Waals surface area contributed by atoms with Crippen molar-refractivity contribution >= 4 is 30.0 Å². The Morgan fingerprint density at radius 1 is 1.08 bits per heavy atom. The first kappa shape index (κ1) is 12.7. The van der Waals surface area contributed by atoms with E-state index >= 15 is 0 Å². The minimum atomic E-state index is -2.75. The molecule has 0 atom stereocenters. The van der Waals surface area contributed by atoms with Crippen LogP contribution in [-0.4, -0.2) is 18.4 Å². The zero-order valence-corrected chi connectivity index (χ0v) is 11.4. The van der Waals surface area contributed by atoms with Gasteiger partial charge < -0.3 is 0 Å². The van der Waals surface area contributed by atoms with Gasteiger partial charge >= 0.3 is 82.0 Å². The number of rotatable bonds is 4. The van der Waals surface area contributed by atoms with Gasteiger partial charge in [-0.2, -0.15) is 0 Å². The van der Waals surface area contributed by atoms with Crippen molar-refractivity contribution in [2.45, 2.75) is 34.1 Å². The van der Waals surface area contributed by atoms with Crippen LogP contribution in [0.1, 0.15) is 20.8 Å². The molecule has 0 N–H and O–H groups in total. The third-order valence-electron chi connectivity index (χ3n) is 2.66. The molecule has 0 aromatic heterocycles. The first-order chi connectivity index (χ1) is 5.54. The van der Waals surface area contributed by atoms with Crippen molar-refractivity contribution in [2.75, 3.05) is 0 Å². The molecule has 0 bridgehead atoms. The van der Waals surface area contributed by atoms with Crippen LogP contribution in [-0.2, 0) is 0 Å². The average Bonchev–Trinajstić information content (AvgIpc) is 2.08. The van der Waals surface area contributed by atoms with Crippen molar-refractivity contribution in [2.24, 2.45) is 0 Å². The van der Waals surface area contributed by atoms with E-state index in [2.05, 4.69) is 0 Å². The Bertz CT molecular complexity index is 164. The predicted octanol–water partition coefficient (Wildman–Crippen LogP) is 4.38. The van der Waals surface area contributed by atoms with Gasteiger partial charge in [-0.15, -0.1) is 0 Å². The van der Waals surface area contributed by atoms with Crippen molar-refractivity contribution in [3.8, 4) is 0 Å². The van der Waals surface area contributed by atoms with Crippen LogP contribution in [0, 0.1) is 0 Å². The Labute approximate surface area is 81.9 Å². The summed E-state index contributed by atoms with van der Waals surface area (Å²) in [5.74, 6) is 0. The van der Waals surface area contributed by atoms with E-state index < -0.39 is 24.5 Å². The SMILES string of the molecule is C[CH2][Sn]([CH2]C)([CH2]C)[C](Cl)=C(F)F. The van der Waals surface area contributed by atoms with Gasteiger partial charge in [0, 0.05) is 0 Å². The van der Waals surface area contributed by atoms with Crippen LogP contribution in [0.15, 0.2) is 9.13 Å². The van der Waals surface area contributed by atoms with Gasteiger partial charge in [0.15, 0.2) is 0 Å². The summed E-state index contributed by atoms with van der Waals surface area (Å²) in [6.07, 6.45) is -1.64. The van der Waals surface area contributed by atoms with E-state index in [0.29, 0.717) is 0 Å². The van der Waals surface area contributed by atoms with E-state index in [9.17, 15) is 8.78 Å². The molecule has 12 heavy (non-hydrogen) atoms. The molecule has 0 rings (SSSR count). The zero-order valence-electron chi connectivity index (χ0n) is 7.76. The molecular formula is C8H15ClF2Sn. The minimum absolute atomic E-state index is 0.0446. The van der Waals surface area contributed by atoms with E-state index in [-0.39, 0.29) is 3.05 Å². The van der Waals surface area contributed by atoms with E-state index in [4.69, 9.17) is 11.6 Å². The molecule has 0 amide bonds. The summed E-state index contributed by atoms with van der Waals surface area (Å²) >= 11 is 2.91. The summed E-state index contributed by atoms with van der Waals surface area (Å²) in [6.45, 7) is 5.94. The van der Waals surface area contributed by atoms with E-state index in [1.54, 1.807) is 0 Å². The van der Waals surface area contributed by atoms with Gasteiger partial charge in [-0.25, -0.2) is 0 Å². The van der Waals surface area contributed by atoms with Crippen LogP contribution in [0.3, 0.4) is 0 Å². The van der Waals surface area contributed by atoms with Crippen molar-refractivity contribution in [3.63, 3.8) is 0 Å². The van der Waals surface area contributed by atoms with Crippen LogP contribution >= 0.6 is 11.6 Å². The maximum atomic E-state index is 12.3. The van der Waals surface area contributed by atoms with Crippen LogP contribution in [0.5, 0.6) is 0 Å². The van der Waals surface area contributed by atoms with Crippen LogP contribution < -0.4 is 0 Å². The normalized spacial score (nSPS) is 11.5. The van der Waals surface area contributed by atoms with Crippen molar-refractivity contribution < 1.29 is 8.78 Å². The molecule has 0 aliphatic carbocycles. The molecule has 0 heterocycles. The Morgan fingerprint density at radius 3 is 1.50 bits per heavy atom. The number of hydrogen-bond acceptors (Lipinski definition) is 0. The standard InChI is InChI=1S/C2ClF2.3C2H5.Sn/c3-1-2(4)5;3*1-2;/h;3*1H2,2H3;. The van der Waals surface area contributed by atoms with Crippen LogP contribution in [0.25, 0.3) is 0 Å². The van der Waals surface area contributed by atoms with E-state index in [1.807, 2.05) is 20.8 Å². The van der Waals surface area contributed by atoms with Crippen molar-refractivity contribution in [1.82, 2.24) is 0 Å². The quantitative estimate of drug-likeness (QED) is 0.676. The van der Waals surface area contributed by atoms with Gasteiger partial charge in [-0.05, 0) is 0 Å². The van der Waals surface area contributed by atoms with Gasteiger partial charge in [0.1, 0.15) is 0 Å². The second-order valence-corrected chi connectivity index (χ2v) is 19.0. The Morgan fingerprint density at radius 2 is 1.42 bits per heavy atom. The van der Waals surface area contributed by atoms with E-state index in [1.165, 1.54) is 0 Å². The Kier molecular flexibility index (Phi) is 5.74. The summed E-state index contributed by atoms with van der Waals surface area (Å²) in [6, 6.07) is 0. The van der Waals surface area contributed by atoms with Gasteiger partial charge in [0.25, 0.3) is 0 Å². The molecule has 0 fully saturated rings. The molecule has 0 aromatic carbocycles. The average molecular weight is 303 g/mol. The molecule has 0 spiro atoms. The molecule has 0 aromatic rings. The van der Waals surface area contributed by atoms with Crippen LogP contribution in [0.2, 0.25) is 13.3 Å². The molecule has 0 aliphatic heterocycles. The zero-order chi connectivity index (χ0) is 9.78. The molecule has 0 unspecified atom stereocenters. The van der Waals surface area contributed by atoms with Gasteiger partial charge in [-0.1, -0.05) is 0 Å². The fourth-order valence-electron chi connectivity index (χ4n) is 1.42.